The van der Waals surface area contributed by atoms with E-state index < -0.39 is 24.3 Å². The number of methoxy groups -OCH3 is 1. The van der Waals surface area contributed by atoms with Crippen LogP contribution in [0.1, 0.15) is 83.0 Å². The van der Waals surface area contributed by atoms with E-state index in [-0.39, 0.29) is 41.3 Å². The summed E-state index contributed by atoms with van der Waals surface area (Å²) < 4.78 is 4.72. The smallest absolute Gasteiger partial charge is 0.407 e. The van der Waals surface area contributed by atoms with Gasteiger partial charge in [0.25, 0.3) is 0 Å². The van der Waals surface area contributed by atoms with Crippen LogP contribution in [-0.2, 0) is 14.3 Å². The van der Waals surface area contributed by atoms with Gasteiger partial charge in [0.2, 0.25) is 11.8 Å². The minimum atomic E-state index is -1.20. The topological polar surface area (TPSA) is 186 Å². The average Bonchev–Trinajstić information content (AvgIpc) is 3.86. The monoisotopic (exact) mass is 798 g/mol. The standard InChI is InChI=1S/C45H50N8O6/c1-24(2)37(51-43(56)57)42(55)52-23-45(15-16-45)20-36(52)39-46-22-35(49-39)31-12-11-29-17-28(9-10-30(29)18-31)26-5-7-27(8-6-26)34-21-47-40(50-34)38-32-13-14-33(19-32)53(38)41(54)25(3)48-44(58)59-4/h5-12,17-18,21-22,24-25,32-33,36-38,51H,13-16,19-20,23H2,1-4H3,(H,46,49)(H,47,50)(H,48,58)(H,56,57)/t25-,32?,33?,36-,37-,38?/m0/s1. The van der Waals surface area contributed by atoms with Crippen LogP contribution in [0.5, 0.6) is 0 Å². The largest absolute Gasteiger partial charge is 0.465 e. The molecular weight excluding hydrogens is 749 g/mol. The molecule has 5 N–H and O–H groups in total. The van der Waals surface area contributed by atoms with E-state index in [4.69, 9.17) is 14.7 Å². The molecule has 2 aliphatic heterocycles. The summed E-state index contributed by atoms with van der Waals surface area (Å²) in [7, 11) is 1.29. The first-order valence-electron chi connectivity index (χ1n) is 20.6. The predicted molar refractivity (Wildman–Crippen MR) is 221 cm³/mol. The Labute approximate surface area is 342 Å². The number of benzene rings is 3. The van der Waals surface area contributed by atoms with Gasteiger partial charge in [-0.1, -0.05) is 62.4 Å². The van der Waals surface area contributed by atoms with Crippen molar-refractivity contribution in [1.29, 1.82) is 0 Å². The van der Waals surface area contributed by atoms with Gasteiger partial charge < -0.3 is 40.2 Å². The maximum absolute atomic E-state index is 13.7. The Morgan fingerprint density at radius 3 is 2.12 bits per heavy atom. The summed E-state index contributed by atoms with van der Waals surface area (Å²) in [5.41, 5.74) is 5.99. The van der Waals surface area contributed by atoms with Gasteiger partial charge in [-0.15, -0.1) is 0 Å². The fourth-order valence-electron chi connectivity index (χ4n) is 9.80. The Balaban J connectivity index is 0.893. The molecule has 3 aromatic carbocycles. The van der Waals surface area contributed by atoms with Gasteiger partial charge in [0.1, 0.15) is 23.7 Å². The second kappa shape index (κ2) is 14.9. The molecule has 3 unspecified atom stereocenters. The van der Waals surface area contributed by atoms with Gasteiger partial charge in [-0.25, -0.2) is 19.6 Å². The molecule has 4 heterocycles. The van der Waals surface area contributed by atoms with Crippen molar-refractivity contribution in [1.82, 2.24) is 40.4 Å². The van der Waals surface area contributed by atoms with Gasteiger partial charge in [0.15, 0.2) is 0 Å². The van der Waals surface area contributed by atoms with Crippen molar-refractivity contribution in [3.8, 4) is 33.6 Å². The molecule has 2 saturated carbocycles. The van der Waals surface area contributed by atoms with E-state index in [0.717, 1.165) is 94.6 Å². The number of piperidine rings is 1. The van der Waals surface area contributed by atoms with E-state index in [0.29, 0.717) is 12.5 Å². The third-order valence-corrected chi connectivity index (χ3v) is 13.2. The van der Waals surface area contributed by atoms with Gasteiger partial charge in [-0.2, -0.15) is 0 Å². The van der Waals surface area contributed by atoms with Crippen LogP contribution in [0.3, 0.4) is 0 Å². The number of aromatic nitrogens is 4. The maximum atomic E-state index is 13.7. The van der Waals surface area contributed by atoms with Gasteiger partial charge in [0.05, 0.1) is 43.0 Å². The number of likely N-dealkylation sites (tertiary alicyclic amines) is 2. The van der Waals surface area contributed by atoms with Crippen LogP contribution in [0.4, 0.5) is 9.59 Å². The number of H-pyrrole nitrogens is 2. The van der Waals surface area contributed by atoms with Crippen LogP contribution in [0, 0.1) is 17.3 Å². The first kappa shape index (κ1) is 38.3. The summed E-state index contributed by atoms with van der Waals surface area (Å²) in [5, 5.41) is 16.7. The van der Waals surface area contributed by atoms with E-state index in [2.05, 4.69) is 81.3 Å². The number of rotatable bonds is 10. The van der Waals surface area contributed by atoms with Crippen LogP contribution < -0.4 is 10.6 Å². The van der Waals surface area contributed by atoms with Crippen molar-refractivity contribution in [2.24, 2.45) is 17.3 Å². The van der Waals surface area contributed by atoms with Crippen molar-refractivity contribution in [3.63, 3.8) is 0 Å². The highest BCUT2D eigenvalue weighted by molar-refractivity contribution is 5.91. The van der Waals surface area contributed by atoms with Crippen molar-refractivity contribution in [3.05, 3.63) is 84.7 Å². The summed E-state index contributed by atoms with van der Waals surface area (Å²) in [6, 6.07) is 19.3. The number of aromatic amines is 2. The number of imidazole rings is 2. The van der Waals surface area contributed by atoms with Gasteiger partial charge in [-0.05, 0) is 102 Å². The molecular formula is C45H50N8O6. The third kappa shape index (κ3) is 7.18. The van der Waals surface area contributed by atoms with Crippen LogP contribution in [-0.4, -0.2) is 90.6 Å². The predicted octanol–water partition coefficient (Wildman–Crippen LogP) is 7.43. The molecule has 6 atom stereocenters. The highest BCUT2D eigenvalue weighted by Gasteiger charge is 2.55. The number of alkyl carbamates (subject to hydrolysis) is 1. The number of carboxylic acid groups (broad SMARTS) is 1. The molecule has 9 rings (SSSR count). The normalized spacial score (nSPS) is 22.5. The molecule has 2 bridgehead atoms. The molecule has 4 amide bonds. The molecule has 5 aromatic rings. The zero-order valence-corrected chi connectivity index (χ0v) is 33.7. The fraction of sp³-hybridized carbons (Fsp3) is 0.422. The molecule has 14 nitrogen and oxygen atoms in total. The average molecular weight is 799 g/mol. The summed E-state index contributed by atoms with van der Waals surface area (Å²) in [4.78, 5) is 70.9. The lowest BCUT2D eigenvalue weighted by Crippen LogP contribution is -2.51. The molecule has 4 aliphatic rings. The SMILES string of the molecule is COC(=O)N[C@@H](C)C(=O)N1C2CCC(C2)C1c1ncc(-c2ccc(-c3ccc4cc(-c5cnc([C@@H]6CC7(CC7)CN6C(=O)[C@@H](NC(=O)O)C(C)C)[nH]5)ccc4c3)cc2)[nH]1. The molecule has 2 aliphatic carbocycles. The Morgan fingerprint density at radius 2 is 1.44 bits per heavy atom. The zero-order valence-electron chi connectivity index (χ0n) is 33.7. The molecule has 59 heavy (non-hydrogen) atoms. The first-order valence-corrected chi connectivity index (χ1v) is 20.6. The fourth-order valence-corrected chi connectivity index (χ4v) is 9.80. The molecule has 2 saturated heterocycles. The van der Waals surface area contributed by atoms with E-state index in [1.807, 2.05) is 36.0 Å². The molecule has 1 spiro atoms. The van der Waals surface area contributed by atoms with Gasteiger partial charge in [0, 0.05) is 18.2 Å². The van der Waals surface area contributed by atoms with Crippen molar-refractivity contribution < 1.29 is 29.0 Å². The van der Waals surface area contributed by atoms with Gasteiger partial charge >= 0.3 is 12.2 Å². The number of carbonyl (C=O) groups excluding carboxylic acids is 3. The lowest BCUT2D eigenvalue weighted by molar-refractivity contribution is -0.138. The molecule has 0 radical (unpaired) electrons. The first-order chi connectivity index (χ1) is 28.4. The maximum Gasteiger partial charge on any atom is 0.407 e. The second-order valence-corrected chi connectivity index (χ2v) is 17.4. The number of nitrogens with one attached hydrogen (secondary N) is 4. The number of fused-ring (bicyclic) bond motifs is 3. The lowest BCUT2D eigenvalue weighted by atomic mass is 9.97. The summed E-state index contributed by atoms with van der Waals surface area (Å²) in [5.74, 6) is 1.30. The van der Waals surface area contributed by atoms with E-state index in [1.165, 1.54) is 7.11 Å². The second-order valence-electron chi connectivity index (χ2n) is 17.4. The Bertz CT molecular complexity index is 2440. The quantitative estimate of drug-likeness (QED) is 0.0966. The number of nitrogens with zero attached hydrogens (tertiary/aromatic N) is 4. The lowest BCUT2D eigenvalue weighted by Gasteiger charge is -2.36. The third-order valence-electron chi connectivity index (χ3n) is 13.2. The van der Waals surface area contributed by atoms with Crippen LogP contribution >= 0.6 is 0 Å². The Hall–Kier alpha value is -6.18. The van der Waals surface area contributed by atoms with E-state index >= 15 is 0 Å². The highest BCUT2D eigenvalue weighted by Crippen LogP contribution is 2.58. The van der Waals surface area contributed by atoms with Crippen LogP contribution in [0.25, 0.3) is 44.4 Å². The minimum absolute atomic E-state index is 0.0914. The summed E-state index contributed by atoms with van der Waals surface area (Å²) >= 11 is 0. The molecule has 306 valence electrons. The number of hydrogen-bond acceptors (Lipinski definition) is 7. The van der Waals surface area contributed by atoms with E-state index in [9.17, 15) is 24.3 Å². The van der Waals surface area contributed by atoms with Crippen molar-refractivity contribution in [2.75, 3.05) is 13.7 Å². The number of ether oxygens (including phenoxy) is 1. The number of carbonyl (C=O) groups is 4. The minimum Gasteiger partial charge on any atom is -0.465 e. The Morgan fingerprint density at radius 1 is 0.814 bits per heavy atom. The van der Waals surface area contributed by atoms with E-state index in [1.54, 1.807) is 6.92 Å². The van der Waals surface area contributed by atoms with Crippen LogP contribution in [0.2, 0.25) is 0 Å². The zero-order chi connectivity index (χ0) is 41.2. The van der Waals surface area contributed by atoms with Crippen molar-refractivity contribution >= 4 is 34.8 Å². The summed E-state index contributed by atoms with van der Waals surface area (Å²) in [6.07, 6.45) is 7.70. The number of amides is 4. The van der Waals surface area contributed by atoms with Crippen molar-refractivity contribution in [2.45, 2.75) is 89.5 Å². The molecule has 4 fully saturated rings. The van der Waals surface area contributed by atoms with Gasteiger partial charge in [-0.3, -0.25) is 9.59 Å². The van der Waals surface area contributed by atoms with Crippen LogP contribution in [0.15, 0.2) is 73.1 Å². The summed E-state index contributed by atoms with van der Waals surface area (Å²) in [6.45, 7) is 6.02. The Kier molecular flexibility index (Phi) is 9.67. The molecule has 2 aromatic heterocycles. The highest BCUT2D eigenvalue weighted by atomic mass is 16.5. The number of hydrogen-bond donors (Lipinski definition) is 5. The molecule has 14 heteroatoms.